The Bertz CT molecular complexity index is 1110. The molecule has 4 heteroatoms. The fraction of sp³-hybridized carbons (Fsp3) is 0.200. The lowest BCUT2D eigenvalue weighted by Gasteiger charge is -2.28. The standard InChI is InChI=1S/C25H21NO3/c1-29-25(28)22-14-17(27)15-26(22)21-13-7-12-20-18-10-5-6-11-19(18)23(24(20)21)16-8-3-2-4-9-16/h2-13,22-23H,14-15H2,1H3/t22-,23?/m0/s1. The van der Waals surface area contributed by atoms with Crippen LogP contribution in [0.15, 0.2) is 72.8 Å². The molecular weight excluding hydrogens is 362 g/mol. The number of nitrogens with zero attached hydrogens (tertiary/aromatic N) is 1. The summed E-state index contributed by atoms with van der Waals surface area (Å²) in [6.07, 6.45) is 0.194. The van der Waals surface area contributed by atoms with Gasteiger partial charge in [-0.15, -0.1) is 0 Å². The van der Waals surface area contributed by atoms with E-state index < -0.39 is 6.04 Å². The third kappa shape index (κ3) is 2.75. The summed E-state index contributed by atoms with van der Waals surface area (Å²) in [5.74, 6) is -0.238. The Kier molecular flexibility index (Phi) is 4.20. The Morgan fingerprint density at radius 3 is 2.45 bits per heavy atom. The third-order valence-electron chi connectivity index (χ3n) is 5.99. The summed E-state index contributed by atoms with van der Waals surface area (Å²) in [5.41, 5.74) is 6.91. The van der Waals surface area contributed by atoms with Crippen LogP contribution in [0.1, 0.15) is 29.0 Å². The van der Waals surface area contributed by atoms with Gasteiger partial charge in [0.2, 0.25) is 0 Å². The second kappa shape index (κ2) is 6.89. The van der Waals surface area contributed by atoms with Gasteiger partial charge in [0.1, 0.15) is 6.04 Å². The first-order valence-corrected chi connectivity index (χ1v) is 9.82. The number of methoxy groups -OCH3 is 1. The molecule has 0 saturated carbocycles. The number of fused-ring (bicyclic) bond motifs is 3. The highest BCUT2D eigenvalue weighted by Crippen LogP contribution is 2.52. The normalized spacial score (nSPS) is 19.8. The summed E-state index contributed by atoms with van der Waals surface area (Å²) in [4.78, 5) is 26.6. The molecule has 3 aromatic carbocycles. The summed E-state index contributed by atoms with van der Waals surface area (Å²) >= 11 is 0. The zero-order valence-electron chi connectivity index (χ0n) is 16.2. The zero-order chi connectivity index (χ0) is 20.0. The van der Waals surface area contributed by atoms with Crippen LogP contribution in [-0.4, -0.2) is 31.4 Å². The average Bonchev–Trinajstić information content (AvgIpc) is 3.32. The smallest absolute Gasteiger partial charge is 0.328 e. The molecule has 1 unspecified atom stereocenters. The number of ketones is 1. The highest BCUT2D eigenvalue weighted by molar-refractivity contribution is 5.98. The first-order chi connectivity index (χ1) is 14.2. The van der Waals surface area contributed by atoms with E-state index in [2.05, 4.69) is 54.6 Å². The van der Waals surface area contributed by atoms with E-state index in [9.17, 15) is 9.59 Å². The third-order valence-corrected chi connectivity index (χ3v) is 5.99. The molecule has 0 bridgehead atoms. The van der Waals surface area contributed by atoms with Crippen molar-refractivity contribution in [3.05, 3.63) is 89.5 Å². The van der Waals surface area contributed by atoms with Crippen LogP contribution in [0.4, 0.5) is 5.69 Å². The van der Waals surface area contributed by atoms with E-state index in [4.69, 9.17) is 4.74 Å². The van der Waals surface area contributed by atoms with E-state index in [0.29, 0.717) is 0 Å². The molecule has 1 heterocycles. The van der Waals surface area contributed by atoms with E-state index >= 15 is 0 Å². The van der Waals surface area contributed by atoms with Crippen LogP contribution in [0.5, 0.6) is 0 Å². The predicted molar refractivity (Wildman–Crippen MR) is 112 cm³/mol. The molecule has 3 aromatic rings. The first kappa shape index (κ1) is 17.7. The van der Waals surface area contributed by atoms with Gasteiger partial charge in [0.15, 0.2) is 5.78 Å². The number of benzene rings is 3. The number of ether oxygens (including phenoxy) is 1. The molecule has 29 heavy (non-hydrogen) atoms. The van der Waals surface area contributed by atoms with Crippen LogP contribution in [0.3, 0.4) is 0 Å². The molecule has 1 aliphatic heterocycles. The van der Waals surface area contributed by atoms with Crippen LogP contribution in [0, 0.1) is 0 Å². The van der Waals surface area contributed by atoms with Crippen molar-refractivity contribution in [2.24, 2.45) is 0 Å². The monoisotopic (exact) mass is 383 g/mol. The molecule has 144 valence electrons. The van der Waals surface area contributed by atoms with Crippen molar-refractivity contribution in [3.8, 4) is 11.1 Å². The summed E-state index contributed by atoms with van der Waals surface area (Å²) < 4.78 is 4.99. The van der Waals surface area contributed by atoms with Crippen LogP contribution >= 0.6 is 0 Å². The van der Waals surface area contributed by atoms with Gasteiger partial charge in [-0.3, -0.25) is 4.79 Å². The zero-order valence-corrected chi connectivity index (χ0v) is 16.2. The fourth-order valence-electron chi connectivity index (χ4n) is 4.77. The second-order valence-electron chi connectivity index (χ2n) is 7.58. The van der Waals surface area contributed by atoms with Crippen molar-refractivity contribution in [2.45, 2.75) is 18.4 Å². The number of hydrogen-bond acceptors (Lipinski definition) is 4. The minimum atomic E-state index is -0.570. The number of hydrogen-bond donors (Lipinski definition) is 0. The van der Waals surface area contributed by atoms with Crippen molar-refractivity contribution in [1.82, 2.24) is 0 Å². The molecule has 0 spiro atoms. The van der Waals surface area contributed by atoms with E-state index in [0.717, 1.165) is 16.8 Å². The van der Waals surface area contributed by atoms with Crippen LogP contribution in [0.25, 0.3) is 11.1 Å². The molecule has 1 aliphatic carbocycles. The number of Topliss-reactive ketones (excluding diaryl/α,β-unsaturated/α-hetero) is 1. The number of esters is 1. The quantitative estimate of drug-likeness (QED) is 0.498. The number of anilines is 1. The summed E-state index contributed by atoms with van der Waals surface area (Å²) in [6, 6.07) is 24.4. The maximum atomic E-state index is 12.4. The summed E-state index contributed by atoms with van der Waals surface area (Å²) in [7, 11) is 1.38. The lowest BCUT2D eigenvalue weighted by atomic mass is 9.88. The molecule has 0 aromatic heterocycles. The Labute approximate surface area is 169 Å². The Balaban J connectivity index is 1.72. The van der Waals surface area contributed by atoms with Gasteiger partial charge >= 0.3 is 5.97 Å². The summed E-state index contributed by atoms with van der Waals surface area (Å²) in [5, 5.41) is 0. The van der Waals surface area contributed by atoms with Crippen molar-refractivity contribution >= 4 is 17.4 Å². The molecule has 0 radical (unpaired) electrons. The molecular formula is C25H21NO3. The molecule has 2 aliphatic rings. The highest BCUT2D eigenvalue weighted by atomic mass is 16.5. The van der Waals surface area contributed by atoms with Gasteiger partial charge in [-0.05, 0) is 33.9 Å². The maximum absolute atomic E-state index is 12.4. The van der Waals surface area contributed by atoms with Gasteiger partial charge in [-0.1, -0.05) is 66.7 Å². The van der Waals surface area contributed by atoms with Crippen LogP contribution in [-0.2, 0) is 14.3 Å². The highest BCUT2D eigenvalue weighted by Gasteiger charge is 2.40. The van der Waals surface area contributed by atoms with Gasteiger partial charge < -0.3 is 9.64 Å². The number of carbonyl (C=O) groups excluding carboxylic acids is 2. The maximum Gasteiger partial charge on any atom is 0.328 e. The SMILES string of the molecule is COC(=O)[C@@H]1CC(=O)CN1c1cccc2c1C(c1ccccc1)c1ccccc1-2. The van der Waals surface area contributed by atoms with Crippen LogP contribution in [0.2, 0.25) is 0 Å². The Morgan fingerprint density at radius 2 is 1.66 bits per heavy atom. The van der Waals surface area contributed by atoms with E-state index in [-0.39, 0.29) is 30.6 Å². The van der Waals surface area contributed by atoms with Crippen molar-refractivity contribution in [2.75, 3.05) is 18.6 Å². The second-order valence-corrected chi connectivity index (χ2v) is 7.58. The van der Waals surface area contributed by atoms with E-state index in [1.165, 1.54) is 23.8 Å². The molecule has 2 atom stereocenters. The van der Waals surface area contributed by atoms with Crippen molar-refractivity contribution < 1.29 is 14.3 Å². The largest absolute Gasteiger partial charge is 0.467 e. The van der Waals surface area contributed by atoms with Gasteiger partial charge in [0.05, 0.1) is 13.7 Å². The molecule has 4 nitrogen and oxygen atoms in total. The molecule has 0 amide bonds. The van der Waals surface area contributed by atoms with Gasteiger partial charge in [0.25, 0.3) is 0 Å². The Hall–Kier alpha value is -3.40. The minimum absolute atomic E-state index is 0.0600. The minimum Gasteiger partial charge on any atom is -0.467 e. The van der Waals surface area contributed by atoms with Gasteiger partial charge in [-0.2, -0.15) is 0 Å². The molecule has 5 rings (SSSR count). The van der Waals surface area contributed by atoms with Gasteiger partial charge in [0, 0.05) is 18.0 Å². The van der Waals surface area contributed by atoms with Gasteiger partial charge in [-0.25, -0.2) is 4.79 Å². The first-order valence-electron chi connectivity index (χ1n) is 9.82. The summed E-state index contributed by atoms with van der Waals surface area (Å²) in [6.45, 7) is 0.230. The molecule has 1 saturated heterocycles. The molecule has 1 fully saturated rings. The van der Waals surface area contributed by atoms with Crippen molar-refractivity contribution in [3.63, 3.8) is 0 Å². The lowest BCUT2D eigenvalue weighted by Crippen LogP contribution is -2.37. The Morgan fingerprint density at radius 1 is 0.931 bits per heavy atom. The number of rotatable bonds is 3. The van der Waals surface area contributed by atoms with Crippen LogP contribution < -0.4 is 4.90 Å². The van der Waals surface area contributed by atoms with Crippen molar-refractivity contribution in [1.29, 1.82) is 0 Å². The van der Waals surface area contributed by atoms with E-state index in [1.54, 1.807) is 0 Å². The topological polar surface area (TPSA) is 46.6 Å². The lowest BCUT2D eigenvalue weighted by molar-refractivity contribution is -0.142. The fourth-order valence-corrected chi connectivity index (χ4v) is 4.77. The average molecular weight is 383 g/mol. The predicted octanol–water partition coefficient (Wildman–Crippen LogP) is 4.17. The van der Waals surface area contributed by atoms with E-state index in [1.807, 2.05) is 23.1 Å². The molecule has 0 N–H and O–H groups in total. The number of carbonyl (C=O) groups is 2.